The lowest BCUT2D eigenvalue weighted by Gasteiger charge is -2.34. The van der Waals surface area contributed by atoms with Crippen molar-refractivity contribution in [2.45, 2.75) is 51.6 Å². The average Bonchev–Trinajstić information content (AvgIpc) is 3.06. The highest BCUT2D eigenvalue weighted by Crippen LogP contribution is 2.39. The first-order valence-electron chi connectivity index (χ1n) is 16.2. The number of carbonyl (C=O) groups is 1. The fraction of sp³-hybridized carbons (Fsp3) is 0.417. The molecule has 0 bridgehead atoms. The van der Waals surface area contributed by atoms with Crippen LogP contribution in [0.1, 0.15) is 43.2 Å². The van der Waals surface area contributed by atoms with E-state index in [2.05, 4.69) is 39.2 Å². The summed E-state index contributed by atoms with van der Waals surface area (Å²) in [6.45, 7) is 8.79. The minimum Gasteiger partial charge on any atom is -0.492 e. The highest BCUT2D eigenvalue weighted by atomic mass is 35.5. The Morgan fingerprint density at radius 3 is 2.76 bits per heavy atom. The van der Waals surface area contributed by atoms with Gasteiger partial charge >= 0.3 is 5.97 Å². The van der Waals surface area contributed by atoms with E-state index in [1.165, 1.54) is 0 Å². The van der Waals surface area contributed by atoms with Gasteiger partial charge in [-0.1, -0.05) is 42.3 Å². The van der Waals surface area contributed by atoms with E-state index in [-0.39, 0.29) is 12.5 Å². The number of benzene rings is 2. The van der Waals surface area contributed by atoms with Crippen molar-refractivity contribution in [1.82, 2.24) is 19.8 Å². The molecule has 2 aromatic heterocycles. The maximum absolute atomic E-state index is 11.4. The Morgan fingerprint density at radius 1 is 1.09 bits per heavy atom. The number of ether oxygens (including phenoxy) is 2. The summed E-state index contributed by atoms with van der Waals surface area (Å²) in [5.74, 6) is 0.621. The number of carboxylic acids is 1. The van der Waals surface area contributed by atoms with Gasteiger partial charge in [-0.2, -0.15) is 0 Å². The number of aliphatic carboxylic acids is 1. The number of anilines is 2. The van der Waals surface area contributed by atoms with Crippen LogP contribution in [0.2, 0.25) is 5.02 Å². The fourth-order valence-electron chi connectivity index (χ4n) is 6.53. The van der Waals surface area contributed by atoms with Crippen LogP contribution in [0.15, 0.2) is 60.9 Å². The van der Waals surface area contributed by atoms with Gasteiger partial charge in [-0.3, -0.25) is 19.6 Å². The quantitative estimate of drug-likeness (QED) is 0.159. The van der Waals surface area contributed by atoms with Crippen molar-refractivity contribution >= 4 is 40.0 Å². The van der Waals surface area contributed by atoms with Gasteiger partial charge in [0, 0.05) is 61.3 Å². The highest BCUT2D eigenvalue weighted by molar-refractivity contribution is 6.34. The molecule has 0 amide bonds. The SMILES string of the molecule is Cc1c(Nc2nccc3cc(CN4CCCCC4CC(=O)O)cnc23)cccc1-c1cccc(OCCCN2CCOCC2)c1Cl. The molecule has 0 saturated carbocycles. The molecule has 10 heteroatoms. The minimum absolute atomic E-state index is 0.0629. The van der Waals surface area contributed by atoms with Crippen LogP contribution in [-0.4, -0.2) is 82.9 Å². The number of piperidine rings is 1. The third-order valence-electron chi connectivity index (χ3n) is 9.02. The summed E-state index contributed by atoms with van der Waals surface area (Å²) in [6.07, 6.45) is 7.86. The lowest BCUT2D eigenvalue weighted by molar-refractivity contribution is -0.138. The van der Waals surface area contributed by atoms with Gasteiger partial charge in [0.25, 0.3) is 0 Å². The predicted molar refractivity (Wildman–Crippen MR) is 182 cm³/mol. The predicted octanol–water partition coefficient (Wildman–Crippen LogP) is 6.93. The van der Waals surface area contributed by atoms with Gasteiger partial charge in [0.2, 0.25) is 0 Å². The molecule has 2 saturated heterocycles. The lowest BCUT2D eigenvalue weighted by Crippen LogP contribution is -2.40. The Hall–Kier alpha value is -3.76. The summed E-state index contributed by atoms with van der Waals surface area (Å²) in [5, 5.41) is 14.5. The Bertz CT molecular complexity index is 1660. The van der Waals surface area contributed by atoms with Crippen LogP contribution in [0.25, 0.3) is 22.0 Å². The number of nitrogens with zero attached hydrogens (tertiary/aromatic N) is 4. The number of hydrogen-bond acceptors (Lipinski definition) is 8. The summed E-state index contributed by atoms with van der Waals surface area (Å²) in [4.78, 5) is 25.6. The lowest BCUT2D eigenvalue weighted by atomic mass is 9.98. The first-order valence-corrected chi connectivity index (χ1v) is 16.6. The van der Waals surface area contributed by atoms with Crippen molar-refractivity contribution in [3.8, 4) is 16.9 Å². The van der Waals surface area contributed by atoms with Crippen molar-refractivity contribution in [2.75, 3.05) is 51.3 Å². The smallest absolute Gasteiger partial charge is 0.304 e. The van der Waals surface area contributed by atoms with E-state index in [0.29, 0.717) is 29.7 Å². The van der Waals surface area contributed by atoms with Gasteiger partial charge in [0.05, 0.1) is 31.3 Å². The van der Waals surface area contributed by atoms with E-state index in [9.17, 15) is 9.90 Å². The third kappa shape index (κ3) is 7.78. The van der Waals surface area contributed by atoms with Crippen LogP contribution >= 0.6 is 11.6 Å². The molecule has 2 aliphatic heterocycles. The van der Waals surface area contributed by atoms with Crippen LogP contribution in [0.5, 0.6) is 5.75 Å². The molecule has 0 spiro atoms. The molecule has 9 nitrogen and oxygen atoms in total. The van der Waals surface area contributed by atoms with Crippen molar-refractivity contribution in [1.29, 1.82) is 0 Å². The molecule has 2 fully saturated rings. The summed E-state index contributed by atoms with van der Waals surface area (Å²) < 4.78 is 11.6. The van der Waals surface area contributed by atoms with E-state index in [4.69, 9.17) is 26.1 Å². The Labute approximate surface area is 275 Å². The molecule has 0 radical (unpaired) electrons. The van der Waals surface area contributed by atoms with E-state index in [0.717, 1.165) is 104 Å². The first kappa shape index (κ1) is 32.2. The minimum atomic E-state index is -0.742. The van der Waals surface area contributed by atoms with Crippen LogP contribution in [0.3, 0.4) is 0 Å². The van der Waals surface area contributed by atoms with Gasteiger partial charge in [-0.05, 0) is 73.7 Å². The number of halogens is 1. The second-order valence-electron chi connectivity index (χ2n) is 12.2. The monoisotopic (exact) mass is 643 g/mol. The first-order chi connectivity index (χ1) is 22.5. The van der Waals surface area contributed by atoms with E-state index in [1.807, 2.05) is 42.6 Å². The number of likely N-dealkylation sites (tertiary alicyclic amines) is 1. The topological polar surface area (TPSA) is 100 Å². The van der Waals surface area contributed by atoms with E-state index in [1.54, 1.807) is 6.20 Å². The van der Waals surface area contributed by atoms with Gasteiger partial charge in [-0.25, -0.2) is 4.98 Å². The molecule has 46 heavy (non-hydrogen) atoms. The molecule has 2 aromatic carbocycles. The second kappa shape index (κ2) is 15.2. The molecule has 2 aliphatic rings. The summed E-state index contributed by atoms with van der Waals surface area (Å²) in [5.41, 5.74) is 5.74. The van der Waals surface area contributed by atoms with Crippen molar-refractivity contribution in [2.24, 2.45) is 0 Å². The molecule has 6 rings (SSSR count). The number of rotatable bonds is 12. The van der Waals surface area contributed by atoms with Crippen molar-refractivity contribution in [3.63, 3.8) is 0 Å². The normalized spacial score (nSPS) is 17.7. The van der Waals surface area contributed by atoms with Gasteiger partial charge in [0.1, 0.15) is 11.3 Å². The molecule has 2 N–H and O–H groups in total. The Balaban J connectivity index is 1.16. The number of fused-ring (bicyclic) bond motifs is 1. The maximum Gasteiger partial charge on any atom is 0.304 e. The van der Waals surface area contributed by atoms with E-state index >= 15 is 0 Å². The molecule has 1 atom stereocenters. The number of pyridine rings is 2. The number of hydrogen-bond donors (Lipinski definition) is 2. The largest absolute Gasteiger partial charge is 0.492 e. The van der Waals surface area contributed by atoms with Crippen LogP contribution in [0.4, 0.5) is 11.5 Å². The zero-order chi connectivity index (χ0) is 31.9. The second-order valence-corrected chi connectivity index (χ2v) is 12.5. The average molecular weight is 644 g/mol. The van der Waals surface area contributed by atoms with Gasteiger partial charge < -0.3 is 19.9 Å². The molecular weight excluding hydrogens is 602 g/mol. The summed E-state index contributed by atoms with van der Waals surface area (Å²) in [7, 11) is 0. The molecule has 4 heterocycles. The van der Waals surface area contributed by atoms with E-state index < -0.39 is 5.97 Å². The Kier molecular flexibility index (Phi) is 10.7. The van der Waals surface area contributed by atoms with Crippen molar-refractivity contribution in [3.05, 3.63) is 77.1 Å². The summed E-state index contributed by atoms with van der Waals surface area (Å²) in [6, 6.07) is 16.2. The number of morpholine rings is 1. The number of nitrogens with one attached hydrogen (secondary N) is 1. The fourth-order valence-corrected chi connectivity index (χ4v) is 6.82. The number of aromatic nitrogens is 2. The van der Waals surface area contributed by atoms with Crippen LogP contribution < -0.4 is 10.1 Å². The molecule has 0 aliphatic carbocycles. The molecular formula is C36H42ClN5O4. The zero-order valence-corrected chi connectivity index (χ0v) is 27.1. The standard InChI is InChI=1S/C36H42ClN5O4/c1-25-29(30-9-5-11-32(34(30)37)46-18-6-14-41-16-19-45-20-17-41)8-4-10-31(25)40-36-35-27(12-13-38-36)21-26(23-39-35)24-42-15-3-2-7-28(42)22-33(43)44/h4-5,8-13,21,23,28H,2-3,6-7,14-20,22,24H2,1H3,(H,38,40)(H,43,44). The Morgan fingerprint density at radius 2 is 1.91 bits per heavy atom. The van der Waals surface area contributed by atoms with Gasteiger partial charge in [0.15, 0.2) is 5.82 Å². The highest BCUT2D eigenvalue weighted by Gasteiger charge is 2.25. The molecule has 4 aromatic rings. The van der Waals surface area contributed by atoms with Crippen molar-refractivity contribution < 1.29 is 19.4 Å². The zero-order valence-electron chi connectivity index (χ0n) is 26.4. The molecule has 1 unspecified atom stereocenters. The van der Waals surface area contributed by atoms with Crippen LogP contribution in [-0.2, 0) is 16.1 Å². The number of carboxylic acid groups (broad SMARTS) is 1. The van der Waals surface area contributed by atoms with Crippen LogP contribution in [0, 0.1) is 6.92 Å². The summed E-state index contributed by atoms with van der Waals surface area (Å²) >= 11 is 6.92. The maximum atomic E-state index is 11.4. The van der Waals surface area contributed by atoms with Gasteiger partial charge in [-0.15, -0.1) is 0 Å². The third-order valence-corrected chi connectivity index (χ3v) is 9.41. The molecule has 242 valence electrons.